The van der Waals surface area contributed by atoms with Crippen LogP contribution < -0.4 is 0 Å². The smallest absolute Gasteiger partial charge is 0.253 e. The molecule has 0 N–H and O–H groups in total. The van der Waals surface area contributed by atoms with E-state index >= 15 is 0 Å². The van der Waals surface area contributed by atoms with Gasteiger partial charge in [0.05, 0.1) is 0 Å². The van der Waals surface area contributed by atoms with Crippen LogP contribution in [0.1, 0.15) is 95.5 Å². The zero-order valence-corrected chi connectivity index (χ0v) is 21.9. The standard InChI is InChI=1S/C31H43NO2/c1-23(2)12-13-25-22-31(34-28-11-9-7-6-8-10-27(25)28)18-20-32(21-19-31)29(33)24-14-16-26(17-15-24)30(3,4)5/h6,8,10-11,14-17,23,25H,7,9,12-13,18-22H2,1-5H3/b8-6+,27-10?,28-11?. The van der Waals surface area contributed by atoms with Crippen LogP contribution in [0.15, 0.2) is 59.9 Å². The lowest BCUT2D eigenvalue weighted by molar-refractivity contribution is -0.0713. The first-order valence-electron chi connectivity index (χ1n) is 13.3. The number of hydrogen-bond donors (Lipinski definition) is 0. The second kappa shape index (κ2) is 10.1. The van der Waals surface area contributed by atoms with Crippen molar-refractivity contribution >= 4 is 5.91 Å². The van der Waals surface area contributed by atoms with E-state index in [9.17, 15) is 4.79 Å². The maximum atomic E-state index is 13.2. The van der Waals surface area contributed by atoms with Gasteiger partial charge in [0.2, 0.25) is 0 Å². The van der Waals surface area contributed by atoms with Crippen LogP contribution in [0.25, 0.3) is 0 Å². The number of ether oxygens (including phenoxy) is 1. The van der Waals surface area contributed by atoms with Crippen molar-refractivity contribution in [3.63, 3.8) is 0 Å². The summed E-state index contributed by atoms with van der Waals surface area (Å²) in [7, 11) is 0. The van der Waals surface area contributed by atoms with Crippen molar-refractivity contribution in [3.05, 3.63) is 71.0 Å². The third-order valence-corrected chi connectivity index (χ3v) is 7.80. The van der Waals surface area contributed by atoms with Crippen molar-refractivity contribution in [1.29, 1.82) is 0 Å². The first-order valence-corrected chi connectivity index (χ1v) is 13.3. The van der Waals surface area contributed by atoms with Gasteiger partial charge in [-0.25, -0.2) is 0 Å². The normalized spacial score (nSPS) is 23.4. The largest absolute Gasteiger partial charge is 0.487 e. The summed E-state index contributed by atoms with van der Waals surface area (Å²) < 4.78 is 6.80. The topological polar surface area (TPSA) is 29.5 Å². The fourth-order valence-corrected chi connectivity index (χ4v) is 5.56. The molecule has 3 aliphatic rings. The zero-order valence-electron chi connectivity index (χ0n) is 21.9. The maximum Gasteiger partial charge on any atom is 0.253 e. The van der Waals surface area contributed by atoms with Crippen LogP contribution in [0.2, 0.25) is 0 Å². The summed E-state index contributed by atoms with van der Waals surface area (Å²) in [6.07, 6.45) is 16.5. The highest BCUT2D eigenvalue weighted by Gasteiger charge is 2.45. The van der Waals surface area contributed by atoms with Crippen molar-refractivity contribution in [3.8, 4) is 0 Å². The molecule has 2 fully saturated rings. The van der Waals surface area contributed by atoms with Gasteiger partial charge < -0.3 is 9.64 Å². The van der Waals surface area contributed by atoms with E-state index in [1.165, 1.54) is 24.0 Å². The number of likely N-dealkylation sites (tertiary alicyclic amines) is 1. The number of fused-ring (bicyclic) bond motifs is 1. The lowest BCUT2D eigenvalue weighted by Gasteiger charge is -2.48. The number of piperidine rings is 1. The van der Waals surface area contributed by atoms with Gasteiger partial charge in [-0.3, -0.25) is 4.79 Å². The number of carbonyl (C=O) groups excluding carboxylic acids is 1. The van der Waals surface area contributed by atoms with Crippen LogP contribution in [-0.4, -0.2) is 29.5 Å². The van der Waals surface area contributed by atoms with Gasteiger partial charge in [-0.15, -0.1) is 0 Å². The van der Waals surface area contributed by atoms with E-state index < -0.39 is 0 Å². The molecule has 4 rings (SSSR count). The fourth-order valence-electron chi connectivity index (χ4n) is 5.56. The van der Waals surface area contributed by atoms with Crippen molar-refractivity contribution in [2.24, 2.45) is 11.8 Å². The second-order valence-electron chi connectivity index (χ2n) is 12.0. The molecule has 34 heavy (non-hydrogen) atoms. The fraction of sp³-hybridized carbons (Fsp3) is 0.581. The molecular formula is C31H43NO2. The van der Waals surface area contributed by atoms with Crippen molar-refractivity contribution < 1.29 is 9.53 Å². The van der Waals surface area contributed by atoms with Crippen LogP contribution >= 0.6 is 0 Å². The van der Waals surface area contributed by atoms with Gasteiger partial charge in [-0.1, -0.05) is 71.4 Å². The van der Waals surface area contributed by atoms with E-state index in [0.717, 1.165) is 56.5 Å². The number of rotatable bonds is 4. The lowest BCUT2D eigenvalue weighted by atomic mass is 9.74. The number of amides is 1. The molecule has 2 saturated heterocycles. The monoisotopic (exact) mass is 461 g/mol. The summed E-state index contributed by atoms with van der Waals surface area (Å²) in [5.74, 6) is 2.51. The van der Waals surface area contributed by atoms with E-state index in [4.69, 9.17) is 4.74 Å². The highest BCUT2D eigenvalue weighted by Crippen LogP contribution is 2.46. The number of allylic oxidation sites excluding steroid dienone is 5. The molecule has 1 aromatic carbocycles. The van der Waals surface area contributed by atoms with Gasteiger partial charge in [-0.05, 0) is 72.3 Å². The summed E-state index contributed by atoms with van der Waals surface area (Å²) in [5, 5.41) is 0. The van der Waals surface area contributed by atoms with Gasteiger partial charge in [-0.2, -0.15) is 0 Å². The van der Waals surface area contributed by atoms with E-state index in [1.807, 2.05) is 17.0 Å². The third-order valence-electron chi connectivity index (χ3n) is 7.80. The Morgan fingerprint density at radius 2 is 1.82 bits per heavy atom. The van der Waals surface area contributed by atoms with Gasteiger partial charge in [0.15, 0.2) is 0 Å². The molecule has 1 atom stereocenters. The minimum atomic E-state index is -0.138. The van der Waals surface area contributed by atoms with Gasteiger partial charge in [0.25, 0.3) is 5.91 Å². The van der Waals surface area contributed by atoms with E-state index in [1.54, 1.807) is 0 Å². The van der Waals surface area contributed by atoms with Crippen LogP contribution in [-0.2, 0) is 10.2 Å². The Kier molecular flexibility index (Phi) is 7.40. The molecule has 184 valence electrons. The molecule has 1 aromatic rings. The molecule has 0 saturated carbocycles. The third kappa shape index (κ3) is 5.67. The first kappa shape index (κ1) is 24.8. The average molecular weight is 462 g/mol. The first-order chi connectivity index (χ1) is 16.2. The maximum absolute atomic E-state index is 13.2. The molecular weight excluding hydrogens is 418 g/mol. The van der Waals surface area contributed by atoms with Gasteiger partial charge >= 0.3 is 0 Å². The molecule has 1 spiro atoms. The summed E-state index contributed by atoms with van der Waals surface area (Å²) >= 11 is 0. The van der Waals surface area contributed by atoms with Crippen LogP contribution in [0.5, 0.6) is 0 Å². The molecule has 1 aliphatic carbocycles. The lowest BCUT2D eigenvalue weighted by Crippen LogP contribution is -2.50. The molecule has 1 amide bonds. The van der Waals surface area contributed by atoms with Crippen LogP contribution in [0.4, 0.5) is 0 Å². The average Bonchev–Trinajstić information content (AvgIpc) is 2.78. The molecule has 2 heterocycles. The van der Waals surface area contributed by atoms with E-state index in [2.05, 4.69) is 71.1 Å². The number of hydrogen-bond acceptors (Lipinski definition) is 2. The molecule has 0 aromatic heterocycles. The quantitative estimate of drug-likeness (QED) is 0.462. The highest BCUT2D eigenvalue weighted by molar-refractivity contribution is 5.94. The van der Waals surface area contributed by atoms with Crippen molar-refractivity contribution in [1.82, 2.24) is 4.90 Å². The molecule has 1 unspecified atom stereocenters. The highest BCUT2D eigenvalue weighted by atomic mass is 16.5. The van der Waals surface area contributed by atoms with Crippen LogP contribution in [0, 0.1) is 11.8 Å². The number of carbonyl (C=O) groups is 1. The Hall–Kier alpha value is -2.29. The Balaban J connectivity index is 1.46. The molecule has 0 bridgehead atoms. The SMILES string of the molecule is CC(C)CCC1CC2(CCN(C(=O)c3ccc(C(C)(C)C)cc3)CC2)OC2=CCC/C=C/C=C21. The molecule has 3 nitrogen and oxygen atoms in total. The summed E-state index contributed by atoms with van der Waals surface area (Å²) in [6.45, 7) is 12.8. The number of benzene rings is 1. The minimum absolute atomic E-state index is 0.0955. The van der Waals surface area contributed by atoms with E-state index in [0.29, 0.717) is 11.8 Å². The Morgan fingerprint density at radius 3 is 2.47 bits per heavy atom. The summed E-state index contributed by atoms with van der Waals surface area (Å²) in [4.78, 5) is 15.3. The van der Waals surface area contributed by atoms with Gasteiger partial charge in [0.1, 0.15) is 11.4 Å². The molecule has 3 heteroatoms. The minimum Gasteiger partial charge on any atom is -0.487 e. The Labute approximate surface area is 207 Å². The summed E-state index contributed by atoms with van der Waals surface area (Å²) in [5.41, 5.74) is 3.40. The van der Waals surface area contributed by atoms with Crippen molar-refractivity contribution in [2.75, 3.05) is 13.1 Å². The predicted molar refractivity (Wildman–Crippen MR) is 141 cm³/mol. The molecule has 2 aliphatic heterocycles. The van der Waals surface area contributed by atoms with E-state index in [-0.39, 0.29) is 16.9 Å². The van der Waals surface area contributed by atoms with Crippen LogP contribution in [0.3, 0.4) is 0 Å². The summed E-state index contributed by atoms with van der Waals surface area (Å²) in [6, 6.07) is 8.20. The van der Waals surface area contributed by atoms with Crippen molar-refractivity contribution in [2.45, 2.75) is 90.6 Å². The zero-order chi connectivity index (χ0) is 24.3. The van der Waals surface area contributed by atoms with Gasteiger partial charge in [0, 0.05) is 31.5 Å². The number of nitrogens with zero attached hydrogens (tertiary/aromatic N) is 1. The Bertz CT molecular complexity index is 950. The Morgan fingerprint density at radius 1 is 1.12 bits per heavy atom. The predicted octanol–water partition coefficient (Wildman–Crippen LogP) is 7.59. The second-order valence-corrected chi connectivity index (χ2v) is 12.0. The molecule has 0 radical (unpaired) electrons.